The summed E-state index contributed by atoms with van der Waals surface area (Å²) in [5.74, 6) is -0.904. The molecule has 172 valence electrons. The van der Waals surface area contributed by atoms with Crippen molar-refractivity contribution in [1.82, 2.24) is 10.1 Å². The van der Waals surface area contributed by atoms with Gasteiger partial charge in [0, 0.05) is 19.0 Å². The Morgan fingerprint density at radius 3 is 2.73 bits per heavy atom. The van der Waals surface area contributed by atoms with E-state index in [9.17, 15) is 14.0 Å². The molecular formula is C25H25FN2O5. The van der Waals surface area contributed by atoms with E-state index < -0.39 is 11.8 Å². The number of hydrogen-bond acceptors (Lipinski definition) is 5. The highest BCUT2D eigenvalue weighted by Gasteiger charge is 2.32. The van der Waals surface area contributed by atoms with Gasteiger partial charge in [0.1, 0.15) is 18.1 Å². The van der Waals surface area contributed by atoms with Crippen LogP contribution in [-0.4, -0.2) is 33.6 Å². The Hall–Kier alpha value is -3.68. The van der Waals surface area contributed by atoms with E-state index in [2.05, 4.69) is 5.16 Å². The van der Waals surface area contributed by atoms with E-state index in [0.717, 1.165) is 18.4 Å². The second-order valence-electron chi connectivity index (χ2n) is 8.07. The van der Waals surface area contributed by atoms with Crippen molar-refractivity contribution in [2.24, 2.45) is 0 Å². The molecule has 33 heavy (non-hydrogen) atoms. The first kappa shape index (κ1) is 22.5. The Bertz CT molecular complexity index is 1110. The Kier molecular flexibility index (Phi) is 7.02. The van der Waals surface area contributed by atoms with Crippen molar-refractivity contribution >= 4 is 11.9 Å². The molecule has 1 atom stereocenters. The number of rotatable bonds is 9. The molecule has 1 N–H and O–H groups in total. The van der Waals surface area contributed by atoms with E-state index in [1.165, 1.54) is 6.07 Å². The van der Waals surface area contributed by atoms with Crippen molar-refractivity contribution in [3.05, 3.63) is 83.0 Å². The van der Waals surface area contributed by atoms with Crippen molar-refractivity contribution in [3.63, 3.8) is 0 Å². The molecule has 2 heterocycles. The van der Waals surface area contributed by atoms with E-state index in [4.69, 9.17) is 14.4 Å². The van der Waals surface area contributed by atoms with Crippen molar-refractivity contribution in [2.45, 2.75) is 44.8 Å². The van der Waals surface area contributed by atoms with Crippen LogP contribution in [0.25, 0.3) is 0 Å². The SMILES string of the molecule is O=C(O)CCc1cc(C2CCCN2C(=O)Cc2ccc(OCc3ccccc3)c(F)c2)no1. The number of amides is 1. The largest absolute Gasteiger partial charge is 0.486 e. The number of carbonyl (C=O) groups is 2. The summed E-state index contributed by atoms with van der Waals surface area (Å²) < 4.78 is 25.4. The highest BCUT2D eigenvalue weighted by molar-refractivity contribution is 5.79. The van der Waals surface area contributed by atoms with Crippen LogP contribution in [0.2, 0.25) is 0 Å². The Morgan fingerprint density at radius 2 is 1.97 bits per heavy atom. The maximum absolute atomic E-state index is 14.5. The Morgan fingerprint density at radius 1 is 1.15 bits per heavy atom. The summed E-state index contributed by atoms with van der Waals surface area (Å²) in [5.41, 5.74) is 2.13. The molecule has 0 saturated carbocycles. The van der Waals surface area contributed by atoms with Crippen LogP contribution in [0.5, 0.6) is 5.75 Å². The quantitative estimate of drug-likeness (QED) is 0.520. The van der Waals surface area contributed by atoms with Gasteiger partial charge in [-0.2, -0.15) is 0 Å². The zero-order chi connectivity index (χ0) is 23.2. The zero-order valence-electron chi connectivity index (χ0n) is 18.1. The number of likely N-dealkylation sites (tertiary alicyclic amines) is 1. The predicted octanol–water partition coefficient (Wildman–Crippen LogP) is 4.32. The zero-order valence-corrected chi connectivity index (χ0v) is 18.1. The van der Waals surface area contributed by atoms with Crippen LogP contribution in [0.15, 0.2) is 59.1 Å². The number of aromatic nitrogens is 1. The molecule has 7 nitrogen and oxygen atoms in total. The number of nitrogens with zero attached hydrogens (tertiary/aromatic N) is 2. The van der Waals surface area contributed by atoms with Crippen molar-refractivity contribution in [3.8, 4) is 5.75 Å². The third kappa shape index (κ3) is 5.77. The summed E-state index contributed by atoms with van der Waals surface area (Å²) in [5, 5.41) is 12.9. The number of halogens is 1. The smallest absolute Gasteiger partial charge is 0.303 e. The molecule has 1 saturated heterocycles. The molecule has 4 rings (SSSR count). The number of carbonyl (C=O) groups excluding carboxylic acids is 1. The summed E-state index contributed by atoms with van der Waals surface area (Å²) >= 11 is 0. The van der Waals surface area contributed by atoms with Gasteiger partial charge in [0.15, 0.2) is 11.6 Å². The maximum Gasteiger partial charge on any atom is 0.303 e. The molecule has 1 aliphatic rings. The molecule has 8 heteroatoms. The van der Waals surface area contributed by atoms with Crippen LogP contribution in [-0.2, 0) is 29.0 Å². The molecule has 3 aromatic rings. The molecule has 0 spiro atoms. The lowest BCUT2D eigenvalue weighted by Crippen LogP contribution is -2.32. The Labute approximate surface area is 190 Å². The van der Waals surface area contributed by atoms with E-state index in [1.807, 2.05) is 30.3 Å². The minimum atomic E-state index is -0.908. The lowest BCUT2D eigenvalue weighted by atomic mass is 10.1. The predicted molar refractivity (Wildman–Crippen MR) is 117 cm³/mol. The van der Waals surface area contributed by atoms with Gasteiger partial charge in [-0.05, 0) is 36.1 Å². The average molecular weight is 452 g/mol. The van der Waals surface area contributed by atoms with Gasteiger partial charge in [-0.3, -0.25) is 9.59 Å². The summed E-state index contributed by atoms with van der Waals surface area (Å²) in [4.78, 5) is 25.4. The van der Waals surface area contributed by atoms with E-state index in [-0.39, 0.29) is 43.6 Å². The third-order valence-electron chi connectivity index (χ3n) is 5.67. The topological polar surface area (TPSA) is 92.9 Å². The van der Waals surface area contributed by atoms with Crippen LogP contribution in [0, 0.1) is 5.82 Å². The standard InChI is InChI=1S/C25H25FN2O5/c26-20-13-18(8-10-23(20)32-16-17-5-2-1-3-6-17)14-24(29)28-12-4-7-22(28)21-15-19(33-27-21)9-11-25(30)31/h1-3,5-6,8,10,13,15,22H,4,7,9,11-12,14,16H2,(H,30,31). The normalized spacial score (nSPS) is 15.5. The monoisotopic (exact) mass is 452 g/mol. The molecule has 0 radical (unpaired) electrons. The molecule has 1 amide bonds. The first-order chi connectivity index (χ1) is 16.0. The second-order valence-corrected chi connectivity index (χ2v) is 8.07. The average Bonchev–Trinajstić information content (AvgIpc) is 3.47. The summed E-state index contributed by atoms with van der Waals surface area (Å²) in [6.45, 7) is 0.846. The fourth-order valence-electron chi connectivity index (χ4n) is 3.99. The Balaban J connectivity index is 1.37. The molecule has 1 fully saturated rings. The van der Waals surface area contributed by atoms with Gasteiger partial charge in [-0.15, -0.1) is 0 Å². The van der Waals surface area contributed by atoms with Crippen molar-refractivity contribution in [2.75, 3.05) is 6.54 Å². The lowest BCUT2D eigenvalue weighted by molar-refractivity contribution is -0.137. The molecule has 1 unspecified atom stereocenters. The summed E-state index contributed by atoms with van der Waals surface area (Å²) in [6, 6.07) is 15.6. The van der Waals surface area contributed by atoms with Crippen LogP contribution in [0.4, 0.5) is 4.39 Å². The maximum atomic E-state index is 14.5. The fraction of sp³-hybridized carbons (Fsp3) is 0.320. The van der Waals surface area contributed by atoms with Crippen molar-refractivity contribution in [1.29, 1.82) is 0 Å². The van der Waals surface area contributed by atoms with Crippen LogP contribution >= 0.6 is 0 Å². The van der Waals surface area contributed by atoms with Crippen LogP contribution in [0.1, 0.15) is 47.9 Å². The second kappa shape index (κ2) is 10.3. The highest BCUT2D eigenvalue weighted by atomic mass is 19.1. The number of aryl methyl sites for hydroxylation is 1. The van der Waals surface area contributed by atoms with Crippen LogP contribution < -0.4 is 4.74 Å². The highest BCUT2D eigenvalue weighted by Crippen LogP contribution is 2.32. The van der Waals surface area contributed by atoms with Crippen LogP contribution in [0.3, 0.4) is 0 Å². The van der Waals surface area contributed by atoms with Gasteiger partial charge in [0.05, 0.1) is 18.9 Å². The minimum absolute atomic E-state index is 0.0431. The van der Waals surface area contributed by atoms with Gasteiger partial charge in [0.25, 0.3) is 0 Å². The van der Waals surface area contributed by atoms with Gasteiger partial charge >= 0.3 is 5.97 Å². The van der Waals surface area contributed by atoms with E-state index in [1.54, 1.807) is 23.1 Å². The number of carboxylic acid groups (broad SMARTS) is 1. The molecule has 1 aromatic heterocycles. The molecule has 0 aliphatic carbocycles. The van der Waals surface area contributed by atoms with E-state index in [0.29, 0.717) is 23.6 Å². The fourth-order valence-corrected chi connectivity index (χ4v) is 3.99. The molecule has 2 aromatic carbocycles. The van der Waals surface area contributed by atoms with Gasteiger partial charge in [0.2, 0.25) is 5.91 Å². The number of ether oxygens (including phenoxy) is 1. The molecular weight excluding hydrogens is 427 g/mol. The number of benzene rings is 2. The summed E-state index contributed by atoms with van der Waals surface area (Å²) in [7, 11) is 0. The number of hydrogen-bond donors (Lipinski definition) is 1. The van der Waals surface area contributed by atoms with E-state index >= 15 is 0 Å². The first-order valence-corrected chi connectivity index (χ1v) is 10.9. The number of carboxylic acids is 1. The first-order valence-electron chi connectivity index (χ1n) is 10.9. The molecule has 1 aliphatic heterocycles. The van der Waals surface area contributed by atoms with Gasteiger partial charge in [-0.1, -0.05) is 41.6 Å². The number of aliphatic carboxylic acids is 1. The third-order valence-corrected chi connectivity index (χ3v) is 5.67. The van der Waals surface area contributed by atoms with Gasteiger partial charge < -0.3 is 19.3 Å². The van der Waals surface area contributed by atoms with Crippen molar-refractivity contribution < 1.29 is 28.3 Å². The van der Waals surface area contributed by atoms with Gasteiger partial charge in [-0.25, -0.2) is 4.39 Å². The molecule has 0 bridgehead atoms. The lowest BCUT2D eigenvalue weighted by Gasteiger charge is -2.23. The summed E-state index contributed by atoms with van der Waals surface area (Å²) in [6.07, 6.45) is 1.85. The minimum Gasteiger partial charge on any atom is -0.486 e.